The maximum absolute atomic E-state index is 12.2. The standard InChI is InChI=1S/C14H20N2O.ClH/c1-2-13(15)14(17)16(12-8-9-12)10-11-6-4-3-5-7-11;/h3-7,12-13H,2,8-10,15H2,1H3;1H/t13-;/m0./s1. The molecule has 1 saturated carbocycles. The van der Waals surface area contributed by atoms with E-state index in [9.17, 15) is 4.79 Å². The van der Waals surface area contributed by atoms with Crippen LogP contribution < -0.4 is 5.73 Å². The van der Waals surface area contributed by atoms with Crippen LogP contribution in [0.15, 0.2) is 30.3 Å². The summed E-state index contributed by atoms with van der Waals surface area (Å²) in [6.07, 6.45) is 2.95. The molecule has 1 fully saturated rings. The lowest BCUT2D eigenvalue weighted by molar-refractivity contribution is -0.133. The average molecular weight is 269 g/mol. The minimum Gasteiger partial charge on any atom is -0.334 e. The quantitative estimate of drug-likeness (QED) is 0.891. The number of nitrogens with two attached hydrogens (primary N) is 1. The molecule has 1 aliphatic rings. The Morgan fingerprint density at radius 3 is 2.50 bits per heavy atom. The summed E-state index contributed by atoms with van der Waals surface area (Å²) in [4.78, 5) is 14.1. The SMILES string of the molecule is CC[C@H](N)C(=O)N(Cc1ccccc1)C1CC1.Cl. The Morgan fingerprint density at radius 2 is 2.00 bits per heavy atom. The molecule has 0 aromatic heterocycles. The molecule has 100 valence electrons. The number of rotatable bonds is 5. The van der Waals surface area contributed by atoms with E-state index in [1.54, 1.807) is 0 Å². The van der Waals surface area contributed by atoms with Gasteiger partial charge in [-0.05, 0) is 24.8 Å². The molecule has 0 aliphatic heterocycles. The fraction of sp³-hybridized carbons (Fsp3) is 0.500. The van der Waals surface area contributed by atoms with Crippen LogP contribution in [0.4, 0.5) is 0 Å². The second-order valence-electron chi connectivity index (χ2n) is 4.70. The first-order valence-corrected chi connectivity index (χ1v) is 6.32. The lowest BCUT2D eigenvalue weighted by Crippen LogP contribution is -2.44. The zero-order valence-corrected chi connectivity index (χ0v) is 11.5. The number of amides is 1. The minimum atomic E-state index is -0.348. The van der Waals surface area contributed by atoms with E-state index in [-0.39, 0.29) is 24.4 Å². The van der Waals surface area contributed by atoms with E-state index in [4.69, 9.17) is 5.73 Å². The van der Waals surface area contributed by atoms with Gasteiger partial charge in [-0.25, -0.2) is 0 Å². The smallest absolute Gasteiger partial charge is 0.240 e. The summed E-state index contributed by atoms with van der Waals surface area (Å²) in [6, 6.07) is 10.2. The van der Waals surface area contributed by atoms with Crippen molar-refractivity contribution in [2.24, 2.45) is 5.73 Å². The van der Waals surface area contributed by atoms with E-state index in [2.05, 4.69) is 12.1 Å². The number of halogens is 1. The zero-order valence-electron chi connectivity index (χ0n) is 10.7. The number of hydrogen-bond donors (Lipinski definition) is 1. The number of carbonyl (C=O) groups excluding carboxylic acids is 1. The van der Waals surface area contributed by atoms with E-state index in [1.807, 2.05) is 30.0 Å². The molecule has 3 nitrogen and oxygen atoms in total. The van der Waals surface area contributed by atoms with Crippen LogP contribution in [-0.4, -0.2) is 22.9 Å². The molecule has 1 aromatic rings. The van der Waals surface area contributed by atoms with E-state index in [0.29, 0.717) is 19.0 Å². The first-order valence-electron chi connectivity index (χ1n) is 6.32. The molecule has 1 amide bonds. The monoisotopic (exact) mass is 268 g/mol. The van der Waals surface area contributed by atoms with Gasteiger partial charge in [0, 0.05) is 12.6 Å². The van der Waals surface area contributed by atoms with Gasteiger partial charge in [-0.1, -0.05) is 37.3 Å². The van der Waals surface area contributed by atoms with Crippen molar-refractivity contribution < 1.29 is 4.79 Å². The normalized spacial score (nSPS) is 15.7. The van der Waals surface area contributed by atoms with Crippen molar-refractivity contribution >= 4 is 18.3 Å². The number of benzene rings is 1. The van der Waals surface area contributed by atoms with E-state index in [0.717, 1.165) is 12.8 Å². The Morgan fingerprint density at radius 1 is 1.39 bits per heavy atom. The van der Waals surface area contributed by atoms with Crippen molar-refractivity contribution in [2.45, 2.75) is 44.8 Å². The molecule has 1 aliphatic carbocycles. The largest absolute Gasteiger partial charge is 0.334 e. The van der Waals surface area contributed by atoms with Crippen LogP contribution in [0.25, 0.3) is 0 Å². The fourth-order valence-corrected chi connectivity index (χ4v) is 1.94. The molecule has 4 heteroatoms. The highest BCUT2D eigenvalue weighted by Crippen LogP contribution is 2.29. The number of carbonyl (C=O) groups is 1. The molecule has 0 radical (unpaired) electrons. The van der Waals surface area contributed by atoms with Gasteiger partial charge in [-0.2, -0.15) is 0 Å². The molecule has 18 heavy (non-hydrogen) atoms. The highest BCUT2D eigenvalue weighted by molar-refractivity contribution is 5.85. The topological polar surface area (TPSA) is 46.3 Å². The third-order valence-electron chi connectivity index (χ3n) is 3.22. The molecule has 0 spiro atoms. The Kier molecular flexibility index (Phi) is 5.63. The van der Waals surface area contributed by atoms with Gasteiger partial charge in [0.1, 0.15) is 0 Å². The van der Waals surface area contributed by atoms with Crippen LogP contribution in [-0.2, 0) is 11.3 Å². The van der Waals surface area contributed by atoms with Gasteiger partial charge >= 0.3 is 0 Å². The summed E-state index contributed by atoms with van der Waals surface area (Å²) in [5.74, 6) is 0.0962. The summed E-state index contributed by atoms with van der Waals surface area (Å²) >= 11 is 0. The molecule has 0 bridgehead atoms. The van der Waals surface area contributed by atoms with Gasteiger partial charge in [0.15, 0.2) is 0 Å². The van der Waals surface area contributed by atoms with Gasteiger partial charge in [0.05, 0.1) is 6.04 Å². The highest BCUT2D eigenvalue weighted by atomic mass is 35.5. The lowest BCUT2D eigenvalue weighted by Gasteiger charge is -2.25. The molecular formula is C14H21ClN2O. The molecular weight excluding hydrogens is 248 g/mol. The van der Waals surface area contributed by atoms with Crippen molar-refractivity contribution in [2.75, 3.05) is 0 Å². The predicted octanol–water partition coefficient (Wildman–Crippen LogP) is 2.34. The van der Waals surface area contributed by atoms with Gasteiger partial charge in [-0.15, -0.1) is 12.4 Å². The second kappa shape index (κ2) is 6.76. The van der Waals surface area contributed by atoms with Crippen LogP contribution in [0.3, 0.4) is 0 Å². The van der Waals surface area contributed by atoms with Crippen LogP contribution in [0, 0.1) is 0 Å². The number of nitrogens with zero attached hydrogens (tertiary/aromatic N) is 1. The van der Waals surface area contributed by atoms with Crippen molar-refractivity contribution in [1.29, 1.82) is 0 Å². The first kappa shape index (κ1) is 15.0. The van der Waals surface area contributed by atoms with Gasteiger partial charge in [0.2, 0.25) is 5.91 Å². The first-order chi connectivity index (χ1) is 8.22. The second-order valence-corrected chi connectivity index (χ2v) is 4.70. The van der Waals surface area contributed by atoms with Crippen molar-refractivity contribution in [3.63, 3.8) is 0 Å². The number of hydrogen-bond acceptors (Lipinski definition) is 2. The molecule has 2 N–H and O–H groups in total. The van der Waals surface area contributed by atoms with Crippen LogP contribution in [0.2, 0.25) is 0 Å². The third kappa shape index (κ3) is 3.72. The van der Waals surface area contributed by atoms with E-state index >= 15 is 0 Å². The van der Waals surface area contributed by atoms with Crippen molar-refractivity contribution in [1.82, 2.24) is 4.90 Å². The van der Waals surface area contributed by atoms with Crippen LogP contribution >= 0.6 is 12.4 Å². The minimum absolute atomic E-state index is 0. The Labute approximate surface area is 115 Å². The van der Waals surface area contributed by atoms with Crippen molar-refractivity contribution in [3.8, 4) is 0 Å². The van der Waals surface area contributed by atoms with Gasteiger partial charge in [0.25, 0.3) is 0 Å². The predicted molar refractivity (Wildman–Crippen MR) is 75.5 cm³/mol. The van der Waals surface area contributed by atoms with E-state index < -0.39 is 0 Å². The molecule has 1 atom stereocenters. The van der Waals surface area contributed by atoms with Gasteiger partial charge in [-0.3, -0.25) is 4.79 Å². The Balaban J connectivity index is 0.00000162. The fourth-order valence-electron chi connectivity index (χ4n) is 1.94. The van der Waals surface area contributed by atoms with Crippen LogP contribution in [0.1, 0.15) is 31.7 Å². The molecule has 0 unspecified atom stereocenters. The maximum Gasteiger partial charge on any atom is 0.240 e. The van der Waals surface area contributed by atoms with Crippen LogP contribution in [0.5, 0.6) is 0 Å². The molecule has 1 aromatic carbocycles. The van der Waals surface area contributed by atoms with Crippen molar-refractivity contribution in [3.05, 3.63) is 35.9 Å². The average Bonchev–Trinajstić information content (AvgIpc) is 3.19. The summed E-state index contributed by atoms with van der Waals surface area (Å²) in [5, 5.41) is 0. The Bertz CT molecular complexity index is 379. The molecule has 2 rings (SSSR count). The zero-order chi connectivity index (χ0) is 12.3. The third-order valence-corrected chi connectivity index (χ3v) is 3.22. The maximum atomic E-state index is 12.2. The summed E-state index contributed by atoms with van der Waals surface area (Å²) < 4.78 is 0. The lowest BCUT2D eigenvalue weighted by atomic mass is 10.1. The Hall–Kier alpha value is -1.06. The molecule has 0 heterocycles. The summed E-state index contributed by atoms with van der Waals surface area (Å²) in [6.45, 7) is 2.65. The van der Waals surface area contributed by atoms with Gasteiger partial charge < -0.3 is 10.6 Å². The highest BCUT2D eigenvalue weighted by Gasteiger charge is 2.34. The molecule has 0 saturated heterocycles. The summed E-state index contributed by atoms with van der Waals surface area (Å²) in [7, 11) is 0. The summed E-state index contributed by atoms with van der Waals surface area (Å²) in [5.41, 5.74) is 7.02. The van der Waals surface area contributed by atoms with E-state index in [1.165, 1.54) is 5.56 Å².